The van der Waals surface area contributed by atoms with Gasteiger partial charge in [-0.3, -0.25) is 0 Å². The Hall–Kier alpha value is -1.41. The minimum absolute atomic E-state index is 0.164. The maximum atomic E-state index is 11.9. The number of aromatic nitrogens is 2. The highest BCUT2D eigenvalue weighted by Gasteiger charge is 2.27. The molecule has 0 unspecified atom stereocenters. The molecule has 18 heavy (non-hydrogen) atoms. The van der Waals surface area contributed by atoms with Crippen LogP contribution < -0.4 is 5.73 Å². The van der Waals surface area contributed by atoms with E-state index in [2.05, 4.69) is 14.7 Å². The van der Waals surface area contributed by atoms with Crippen molar-refractivity contribution in [3.8, 4) is 0 Å². The molecule has 0 radical (unpaired) electrons. The Morgan fingerprint density at radius 3 is 2.83 bits per heavy atom. The van der Waals surface area contributed by atoms with Crippen LogP contribution in [0.15, 0.2) is 0 Å². The van der Waals surface area contributed by atoms with Gasteiger partial charge in [0.1, 0.15) is 19.0 Å². The summed E-state index contributed by atoms with van der Waals surface area (Å²) in [7, 11) is 0. The predicted octanol–water partition coefficient (Wildman–Crippen LogP) is 1.21. The summed E-state index contributed by atoms with van der Waals surface area (Å²) in [6.07, 6.45) is -3.78. The van der Waals surface area contributed by atoms with Crippen molar-refractivity contribution in [3.63, 3.8) is 0 Å². The lowest BCUT2D eigenvalue weighted by molar-refractivity contribution is -0.177. The lowest BCUT2D eigenvalue weighted by Crippen LogP contribution is -2.20. The number of alkyl halides is 3. The van der Waals surface area contributed by atoms with Gasteiger partial charge in [0, 0.05) is 12.0 Å². The molecule has 0 fully saturated rings. The summed E-state index contributed by atoms with van der Waals surface area (Å²) in [5.74, 6) is 0.405. The number of nitrogen functional groups attached to an aromatic ring is 1. The molecule has 0 saturated heterocycles. The first-order valence-corrected chi connectivity index (χ1v) is 5.32. The molecule has 0 aromatic carbocycles. The molecule has 5 nitrogen and oxygen atoms in total. The highest BCUT2D eigenvalue weighted by molar-refractivity contribution is 5.42. The number of nitrogens with two attached hydrogens (primary N) is 1. The van der Waals surface area contributed by atoms with Crippen molar-refractivity contribution in [3.05, 3.63) is 17.1 Å². The number of hydrogen-bond acceptors (Lipinski definition) is 5. The van der Waals surface area contributed by atoms with Crippen molar-refractivity contribution in [2.45, 2.75) is 25.8 Å². The standard InChI is InChI=1S/C10H12F3N3O2/c11-10(12,13)5-18-4-8-15-7-1-2-17-3-6(7)9(14)16-8/h1-5H2,(H2,14,15,16). The summed E-state index contributed by atoms with van der Waals surface area (Å²) in [5, 5.41) is 0. The lowest BCUT2D eigenvalue weighted by atomic mass is 10.1. The SMILES string of the molecule is Nc1nc(COCC(F)(F)F)nc2c1COCC2. The quantitative estimate of drug-likeness (QED) is 0.887. The fourth-order valence-corrected chi connectivity index (χ4v) is 1.63. The molecule has 0 bridgehead atoms. The highest BCUT2D eigenvalue weighted by Crippen LogP contribution is 2.20. The van der Waals surface area contributed by atoms with Crippen LogP contribution in [-0.2, 0) is 29.1 Å². The van der Waals surface area contributed by atoms with Gasteiger partial charge >= 0.3 is 6.18 Å². The van der Waals surface area contributed by atoms with Crippen LogP contribution in [-0.4, -0.2) is 29.4 Å². The molecule has 1 aliphatic rings. The number of rotatable bonds is 3. The van der Waals surface area contributed by atoms with Crippen molar-refractivity contribution in [2.24, 2.45) is 0 Å². The molecule has 0 atom stereocenters. The zero-order valence-electron chi connectivity index (χ0n) is 9.46. The summed E-state index contributed by atoms with van der Waals surface area (Å²) < 4.78 is 45.4. The lowest BCUT2D eigenvalue weighted by Gasteiger charge is -2.17. The van der Waals surface area contributed by atoms with Gasteiger partial charge in [0.2, 0.25) is 0 Å². The molecule has 2 heterocycles. The molecule has 0 amide bonds. The minimum Gasteiger partial charge on any atom is -0.383 e. The Bertz CT molecular complexity index is 437. The van der Waals surface area contributed by atoms with Gasteiger partial charge in [0.15, 0.2) is 5.82 Å². The fraction of sp³-hybridized carbons (Fsp3) is 0.600. The molecule has 0 aliphatic carbocycles. The van der Waals surface area contributed by atoms with Crippen LogP contribution in [0, 0.1) is 0 Å². The van der Waals surface area contributed by atoms with E-state index in [0.29, 0.717) is 25.2 Å². The number of fused-ring (bicyclic) bond motifs is 1. The van der Waals surface area contributed by atoms with Crippen LogP contribution in [0.4, 0.5) is 19.0 Å². The van der Waals surface area contributed by atoms with Gasteiger partial charge in [0.25, 0.3) is 0 Å². The van der Waals surface area contributed by atoms with Gasteiger partial charge in [-0.2, -0.15) is 13.2 Å². The topological polar surface area (TPSA) is 70.3 Å². The number of hydrogen-bond donors (Lipinski definition) is 1. The molecule has 0 spiro atoms. The first-order valence-electron chi connectivity index (χ1n) is 5.32. The molecule has 1 aliphatic heterocycles. The van der Waals surface area contributed by atoms with Crippen molar-refractivity contribution >= 4 is 5.82 Å². The van der Waals surface area contributed by atoms with E-state index in [9.17, 15) is 13.2 Å². The van der Waals surface area contributed by atoms with E-state index in [-0.39, 0.29) is 18.2 Å². The van der Waals surface area contributed by atoms with Gasteiger partial charge < -0.3 is 15.2 Å². The molecule has 2 rings (SSSR count). The number of nitrogens with zero attached hydrogens (tertiary/aromatic N) is 2. The number of halogens is 3. The van der Waals surface area contributed by atoms with Crippen molar-refractivity contribution in [1.82, 2.24) is 9.97 Å². The van der Waals surface area contributed by atoms with E-state index in [0.717, 1.165) is 5.69 Å². The summed E-state index contributed by atoms with van der Waals surface area (Å²) in [5.41, 5.74) is 7.12. The fourth-order valence-electron chi connectivity index (χ4n) is 1.63. The van der Waals surface area contributed by atoms with E-state index >= 15 is 0 Å². The van der Waals surface area contributed by atoms with E-state index < -0.39 is 12.8 Å². The Morgan fingerprint density at radius 1 is 1.33 bits per heavy atom. The average molecular weight is 263 g/mol. The van der Waals surface area contributed by atoms with E-state index in [1.54, 1.807) is 0 Å². The maximum absolute atomic E-state index is 11.9. The molecule has 0 saturated carbocycles. The summed E-state index contributed by atoms with van der Waals surface area (Å²) in [4.78, 5) is 8.03. The van der Waals surface area contributed by atoms with Crippen LogP contribution in [0.2, 0.25) is 0 Å². The average Bonchev–Trinajstić information content (AvgIpc) is 2.27. The zero-order valence-corrected chi connectivity index (χ0v) is 9.46. The van der Waals surface area contributed by atoms with E-state index in [4.69, 9.17) is 10.5 Å². The Kier molecular flexibility index (Phi) is 3.67. The molecule has 2 N–H and O–H groups in total. The van der Waals surface area contributed by atoms with Gasteiger partial charge in [-0.25, -0.2) is 9.97 Å². The third-order valence-corrected chi connectivity index (χ3v) is 2.40. The molecular weight excluding hydrogens is 251 g/mol. The van der Waals surface area contributed by atoms with Crippen molar-refractivity contribution < 1.29 is 22.6 Å². The molecule has 100 valence electrons. The highest BCUT2D eigenvalue weighted by atomic mass is 19.4. The Balaban J connectivity index is 2.03. The smallest absolute Gasteiger partial charge is 0.383 e. The summed E-state index contributed by atoms with van der Waals surface area (Å²) in [6, 6.07) is 0. The number of ether oxygens (including phenoxy) is 2. The predicted molar refractivity (Wildman–Crippen MR) is 55.5 cm³/mol. The second kappa shape index (κ2) is 5.07. The van der Waals surface area contributed by atoms with Crippen molar-refractivity contribution in [2.75, 3.05) is 18.9 Å². The first kappa shape index (κ1) is 13.0. The second-order valence-corrected chi connectivity index (χ2v) is 3.86. The summed E-state index contributed by atoms with van der Waals surface area (Å²) >= 11 is 0. The monoisotopic (exact) mass is 263 g/mol. The minimum atomic E-state index is -4.35. The van der Waals surface area contributed by atoms with Crippen LogP contribution in [0.3, 0.4) is 0 Å². The molecular formula is C10H12F3N3O2. The van der Waals surface area contributed by atoms with E-state index in [1.165, 1.54) is 0 Å². The normalized spacial score (nSPS) is 15.5. The third kappa shape index (κ3) is 3.30. The van der Waals surface area contributed by atoms with Crippen LogP contribution in [0.5, 0.6) is 0 Å². The van der Waals surface area contributed by atoms with Gasteiger partial charge in [0.05, 0.1) is 18.9 Å². The maximum Gasteiger partial charge on any atom is 0.411 e. The first-order chi connectivity index (χ1) is 8.46. The van der Waals surface area contributed by atoms with Crippen molar-refractivity contribution in [1.29, 1.82) is 0 Å². The third-order valence-electron chi connectivity index (χ3n) is 2.40. The van der Waals surface area contributed by atoms with Gasteiger partial charge in [-0.15, -0.1) is 0 Å². The molecule has 1 aromatic heterocycles. The zero-order chi connectivity index (χ0) is 13.2. The van der Waals surface area contributed by atoms with Gasteiger partial charge in [-0.1, -0.05) is 0 Å². The largest absolute Gasteiger partial charge is 0.411 e. The van der Waals surface area contributed by atoms with Crippen LogP contribution in [0.25, 0.3) is 0 Å². The Labute approximate surface area is 101 Å². The number of anilines is 1. The van der Waals surface area contributed by atoms with E-state index in [1.807, 2.05) is 0 Å². The molecule has 8 heteroatoms. The van der Waals surface area contributed by atoms with Crippen LogP contribution >= 0.6 is 0 Å². The summed E-state index contributed by atoms with van der Waals surface area (Å²) in [6.45, 7) is -0.772. The van der Waals surface area contributed by atoms with Gasteiger partial charge in [-0.05, 0) is 0 Å². The second-order valence-electron chi connectivity index (χ2n) is 3.86. The molecule has 1 aromatic rings. The Morgan fingerprint density at radius 2 is 2.11 bits per heavy atom. The van der Waals surface area contributed by atoms with Crippen LogP contribution in [0.1, 0.15) is 17.1 Å².